The van der Waals surface area contributed by atoms with E-state index in [9.17, 15) is 9.18 Å². The molecule has 0 amide bonds. The molecule has 2 heterocycles. The van der Waals surface area contributed by atoms with Gasteiger partial charge in [-0.1, -0.05) is 30.3 Å². The molecule has 2 aliphatic heterocycles. The van der Waals surface area contributed by atoms with Gasteiger partial charge in [0.15, 0.2) is 0 Å². The van der Waals surface area contributed by atoms with Crippen LogP contribution in [0.3, 0.4) is 0 Å². The molecule has 2 aliphatic rings. The van der Waals surface area contributed by atoms with Crippen LogP contribution in [-0.4, -0.2) is 36.4 Å². The third-order valence-electron chi connectivity index (χ3n) is 5.61. The van der Waals surface area contributed by atoms with Crippen LogP contribution in [0.15, 0.2) is 54.6 Å². The zero-order valence-corrected chi connectivity index (χ0v) is 16.8. The second-order valence-electron chi connectivity index (χ2n) is 7.75. The van der Waals surface area contributed by atoms with Gasteiger partial charge >= 0.3 is 0 Å². The normalized spacial score (nSPS) is 19.8. The average molecular weight is 383 g/mol. The van der Waals surface area contributed by atoms with Crippen LogP contribution >= 0.6 is 0 Å². The summed E-state index contributed by atoms with van der Waals surface area (Å²) in [5, 5.41) is 0. The first-order valence-electron chi connectivity index (χ1n) is 10.4. The van der Waals surface area contributed by atoms with E-state index in [4.69, 9.17) is 0 Å². The molecule has 4 rings (SSSR count). The van der Waals surface area contributed by atoms with E-state index >= 15 is 0 Å². The summed E-state index contributed by atoms with van der Waals surface area (Å²) in [6, 6.07) is 17.3. The van der Waals surface area contributed by atoms with Crippen LogP contribution in [0.2, 0.25) is 0 Å². The molecule has 150 valence electrons. The first-order chi connectivity index (χ1) is 13.6. The molecule has 0 radical (unpaired) electrons. The lowest BCUT2D eigenvalue weighted by Crippen LogP contribution is -2.34. The number of hydrogen-bond acceptors (Lipinski definition) is 3. The molecule has 2 aromatic carbocycles. The molecular weight excluding hydrogens is 351 g/mol. The van der Waals surface area contributed by atoms with Gasteiger partial charge in [-0.15, -0.1) is 0 Å². The van der Waals surface area contributed by atoms with Gasteiger partial charge in [-0.05, 0) is 75.4 Å². The Morgan fingerprint density at radius 3 is 2.25 bits per heavy atom. The van der Waals surface area contributed by atoms with Gasteiger partial charge in [0, 0.05) is 25.3 Å². The molecule has 2 fully saturated rings. The van der Waals surface area contributed by atoms with Crippen molar-refractivity contribution >= 4 is 11.5 Å². The number of likely N-dealkylation sites (tertiary alicyclic amines) is 1. The molecule has 0 N–H and O–H groups in total. The summed E-state index contributed by atoms with van der Waals surface area (Å²) >= 11 is 0. The summed E-state index contributed by atoms with van der Waals surface area (Å²) in [6.07, 6.45) is 6.03. The molecule has 0 aliphatic carbocycles. The molecule has 0 aromatic heterocycles. The fraction of sp³-hybridized carbons (Fsp3) is 0.458. The summed E-state index contributed by atoms with van der Waals surface area (Å²) in [5.74, 6) is 0.157. The van der Waals surface area contributed by atoms with Crippen LogP contribution in [0.4, 0.5) is 10.1 Å². The van der Waals surface area contributed by atoms with E-state index < -0.39 is 0 Å². The predicted molar refractivity (Wildman–Crippen MR) is 113 cm³/mol. The zero-order chi connectivity index (χ0) is 19.8. The highest BCUT2D eigenvalue weighted by Gasteiger charge is 2.27. The monoisotopic (exact) mass is 382 g/mol. The second-order valence-corrected chi connectivity index (χ2v) is 7.75. The number of nitrogens with zero attached hydrogens (tertiary/aromatic N) is 2. The third kappa shape index (κ3) is 5.90. The minimum absolute atomic E-state index is 0.152. The number of hydrogen-bond donors (Lipinski definition) is 0. The van der Waals surface area contributed by atoms with Gasteiger partial charge in [0.05, 0.1) is 6.04 Å². The first-order valence-corrected chi connectivity index (χ1v) is 10.4. The summed E-state index contributed by atoms with van der Waals surface area (Å²) in [4.78, 5) is 16.0. The fourth-order valence-electron chi connectivity index (χ4n) is 4.10. The van der Waals surface area contributed by atoms with Gasteiger partial charge < -0.3 is 4.90 Å². The summed E-state index contributed by atoms with van der Waals surface area (Å²) < 4.78 is 12.6. The minimum Gasteiger partial charge on any atom is -0.372 e. The highest BCUT2D eigenvalue weighted by atomic mass is 19.1. The van der Waals surface area contributed by atoms with Crippen LogP contribution in [0.25, 0.3) is 0 Å². The van der Waals surface area contributed by atoms with E-state index in [1.165, 1.54) is 37.0 Å². The average Bonchev–Trinajstić information content (AvgIpc) is 3.19. The maximum atomic E-state index is 12.6. The van der Waals surface area contributed by atoms with Crippen LogP contribution < -0.4 is 4.90 Å². The lowest BCUT2D eigenvalue weighted by molar-refractivity contribution is -0.121. The molecule has 3 nitrogen and oxygen atoms in total. The van der Waals surface area contributed by atoms with Crippen molar-refractivity contribution in [2.24, 2.45) is 0 Å². The number of halogens is 1. The molecule has 0 saturated carbocycles. The quantitative estimate of drug-likeness (QED) is 0.739. The van der Waals surface area contributed by atoms with E-state index in [0.717, 1.165) is 44.7 Å². The summed E-state index contributed by atoms with van der Waals surface area (Å²) in [6.45, 7) is 5.90. The molecule has 28 heavy (non-hydrogen) atoms. The Bertz CT molecular complexity index is 726. The summed E-state index contributed by atoms with van der Waals surface area (Å²) in [7, 11) is 0. The number of carbonyl (C=O) groups is 1. The molecular formula is C24H31FN2O. The number of rotatable bonds is 4. The standard InChI is InChI=1S/C13H17NO.C11H14FN/c1-11(15)13-8-5-9-14(13)10-12-6-3-2-4-7-12;12-10-4-6-11(7-5-10)13-8-2-1-3-9-13/h2-4,6-7,13H,5,8-10H2,1H3;4-7H,1-3,8-9H2. The maximum Gasteiger partial charge on any atom is 0.146 e. The Hall–Kier alpha value is -2.20. The van der Waals surface area contributed by atoms with Crippen LogP contribution in [0, 0.1) is 5.82 Å². The smallest absolute Gasteiger partial charge is 0.146 e. The van der Waals surface area contributed by atoms with Crippen molar-refractivity contribution in [3.63, 3.8) is 0 Å². The molecule has 2 aromatic rings. The third-order valence-corrected chi connectivity index (χ3v) is 5.61. The van der Waals surface area contributed by atoms with Crippen molar-refractivity contribution in [3.8, 4) is 0 Å². The lowest BCUT2D eigenvalue weighted by Gasteiger charge is -2.28. The molecule has 1 unspecified atom stereocenters. The number of anilines is 1. The Balaban J connectivity index is 0.000000162. The Morgan fingerprint density at radius 2 is 1.61 bits per heavy atom. The Labute approximate surface area is 168 Å². The van der Waals surface area contributed by atoms with Gasteiger partial charge in [-0.2, -0.15) is 0 Å². The molecule has 0 spiro atoms. The van der Waals surface area contributed by atoms with E-state index in [0.29, 0.717) is 5.78 Å². The van der Waals surface area contributed by atoms with Crippen LogP contribution in [0.5, 0.6) is 0 Å². The van der Waals surface area contributed by atoms with Crippen molar-refractivity contribution in [3.05, 3.63) is 66.0 Å². The fourth-order valence-corrected chi connectivity index (χ4v) is 4.10. The summed E-state index contributed by atoms with van der Waals surface area (Å²) in [5.41, 5.74) is 2.45. The number of piperidine rings is 1. The van der Waals surface area contributed by atoms with Gasteiger partial charge in [0.25, 0.3) is 0 Å². The van der Waals surface area contributed by atoms with Gasteiger partial charge in [-0.25, -0.2) is 4.39 Å². The molecule has 2 saturated heterocycles. The van der Waals surface area contributed by atoms with E-state index in [1.807, 2.05) is 30.3 Å². The molecule has 4 heteroatoms. The van der Waals surface area contributed by atoms with E-state index in [-0.39, 0.29) is 11.9 Å². The van der Waals surface area contributed by atoms with Crippen LogP contribution in [-0.2, 0) is 11.3 Å². The second kappa shape index (κ2) is 10.4. The number of benzene rings is 2. The maximum absolute atomic E-state index is 12.6. The highest BCUT2D eigenvalue weighted by Crippen LogP contribution is 2.21. The van der Waals surface area contributed by atoms with Gasteiger partial charge in [0.1, 0.15) is 11.6 Å². The first kappa shape index (κ1) is 20.5. The van der Waals surface area contributed by atoms with Gasteiger partial charge in [0.2, 0.25) is 0 Å². The Kier molecular flexibility index (Phi) is 7.61. The van der Waals surface area contributed by atoms with E-state index in [1.54, 1.807) is 6.92 Å². The minimum atomic E-state index is -0.152. The van der Waals surface area contributed by atoms with Gasteiger partial charge in [-0.3, -0.25) is 9.69 Å². The zero-order valence-electron chi connectivity index (χ0n) is 16.8. The molecule has 0 bridgehead atoms. The van der Waals surface area contributed by atoms with Crippen molar-refractivity contribution in [1.82, 2.24) is 4.90 Å². The van der Waals surface area contributed by atoms with Crippen molar-refractivity contribution < 1.29 is 9.18 Å². The predicted octanol–water partition coefficient (Wildman–Crippen LogP) is 5.06. The number of carbonyl (C=O) groups excluding carboxylic acids is 1. The number of Topliss-reactive ketones (excluding diaryl/α,β-unsaturated/α-hetero) is 1. The SMILES string of the molecule is CC(=O)C1CCCN1Cc1ccccc1.Fc1ccc(N2CCCCC2)cc1. The largest absolute Gasteiger partial charge is 0.372 e. The van der Waals surface area contributed by atoms with Crippen molar-refractivity contribution in [2.75, 3.05) is 24.5 Å². The van der Waals surface area contributed by atoms with Crippen molar-refractivity contribution in [2.45, 2.75) is 51.6 Å². The van der Waals surface area contributed by atoms with Crippen molar-refractivity contribution in [1.29, 1.82) is 0 Å². The lowest BCUT2D eigenvalue weighted by atomic mass is 10.1. The highest BCUT2D eigenvalue weighted by molar-refractivity contribution is 5.81. The molecule has 1 atom stereocenters. The number of ketones is 1. The Morgan fingerprint density at radius 1 is 0.929 bits per heavy atom. The van der Waals surface area contributed by atoms with Crippen LogP contribution in [0.1, 0.15) is 44.6 Å². The van der Waals surface area contributed by atoms with E-state index in [2.05, 4.69) is 21.9 Å². The topological polar surface area (TPSA) is 23.6 Å².